The van der Waals surface area contributed by atoms with Crippen LogP contribution >= 0.6 is 0 Å². The molecule has 0 saturated carbocycles. The van der Waals surface area contributed by atoms with Gasteiger partial charge in [-0.3, -0.25) is 0 Å². The molecule has 0 spiro atoms. The zero-order valence-electron chi connectivity index (χ0n) is 12.4. The summed E-state index contributed by atoms with van der Waals surface area (Å²) in [5.41, 5.74) is 9.36. The lowest BCUT2D eigenvalue weighted by atomic mass is 10.1. The molecular weight excluding hydrogens is 240 g/mol. The number of likely N-dealkylation sites (N-methyl/N-ethyl adjacent to an activating group) is 1. The van der Waals surface area contributed by atoms with Crippen LogP contribution < -0.4 is 0 Å². The number of morpholine rings is 1. The second kappa shape index (κ2) is 8.82. The number of nitrogens with one attached hydrogen (secondary N) is 1. The van der Waals surface area contributed by atoms with Crippen molar-refractivity contribution in [2.45, 2.75) is 20.3 Å². The summed E-state index contributed by atoms with van der Waals surface area (Å²) in [6.45, 7) is 9.38. The van der Waals surface area contributed by atoms with E-state index in [-0.39, 0.29) is 0 Å². The fourth-order valence-electron chi connectivity index (χ4n) is 1.92. The summed E-state index contributed by atoms with van der Waals surface area (Å²) in [5, 5.41) is 3.70. The van der Waals surface area contributed by atoms with E-state index in [0.29, 0.717) is 0 Å². The van der Waals surface area contributed by atoms with Crippen LogP contribution in [0.1, 0.15) is 20.3 Å². The number of nitrogens with zero attached hydrogens (tertiary/aromatic N) is 3. The van der Waals surface area contributed by atoms with Crippen molar-refractivity contribution >= 4 is 0 Å². The van der Waals surface area contributed by atoms with Gasteiger partial charge in [0, 0.05) is 19.6 Å². The first-order valence-corrected chi connectivity index (χ1v) is 6.99. The molecule has 0 atom stereocenters. The first-order chi connectivity index (χ1) is 9.21. The van der Waals surface area contributed by atoms with Crippen LogP contribution in [0.15, 0.2) is 28.7 Å². The molecule has 5 nitrogen and oxygen atoms in total. The number of hydrogen-bond acceptors (Lipinski definition) is 5. The van der Waals surface area contributed by atoms with Gasteiger partial charge in [0.15, 0.2) is 0 Å². The van der Waals surface area contributed by atoms with Crippen molar-refractivity contribution in [1.82, 2.24) is 9.80 Å². The standard InChI is InChI=1S/C14H26N4O/c1-4-13(14(16-15)12-17(3)5-2)6-7-18-8-10-19-11-9-18/h6-7,15H,4-5,8-12H2,1-3H3/b7-6+,14-13-,16-15?. The zero-order chi connectivity index (χ0) is 14.1. The Labute approximate surface area is 116 Å². The number of hydrogen-bond donors (Lipinski definition) is 1. The normalized spacial score (nSPS) is 18.0. The topological polar surface area (TPSA) is 51.9 Å². The van der Waals surface area contributed by atoms with Gasteiger partial charge in [-0.2, -0.15) is 5.11 Å². The molecule has 0 aliphatic carbocycles. The maximum absolute atomic E-state index is 7.36. The highest BCUT2D eigenvalue weighted by Gasteiger charge is 2.08. The number of allylic oxidation sites excluding steroid dienone is 2. The monoisotopic (exact) mass is 266 g/mol. The molecule has 0 radical (unpaired) electrons. The molecule has 1 N–H and O–H groups in total. The molecule has 0 unspecified atom stereocenters. The van der Waals surface area contributed by atoms with E-state index in [0.717, 1.165) is 57.1 Å². The Bertz CT molecular complexity index is 332. The predicted molar refractivity (Wildman–Crippen MR) is 77.2 cm³/mol. The highest BCUT2D eigenvalue weighted by molar-refractivity contribution is 5.25. The van der Waals surface area contributed by atoms with Gasteiger partial charge in [0.25, 0.3) is 0 Å². The maximum atomic E-state index is 7.36. The van der Waals surface area contributed by atoms with Crippen LogP contribution in [0, 0.1) is 5.53 Å². The summed E-state index contributed by atoms with van der Waals surface area (Å²) in [5.74, 6) is 0. The molecule has 5 heteroatoms. The second-order valence-corrected chi connectivity index (χ2v) is 4.73. The third kappa shape index (κ3) is 5.53. The largest absolute Gasteiger partial charge is 0.378 e. The fraction of sp³-hybridized carbons (Fsp3) is 0.714. The van der Waals surface area contributed by atoms with E-state index < -0.39 is 0 Å². The van der Waals surface area contributed by atoms with Crippen molar-refractivity contribution in [3.8, 4) is 0 Å². The van der Waals surface area contributed by atoms with Crippen molar-refractivity contribution in [3.05, 3.63) is 23.5 Å². The first kappa shape index (κ1) is 15.9. The van der Waals surface area contributed by atoms with Gasteiger partial charge in [-0.25, -0.2) is 5.53 Å². The van der Waals surface area contributed by atoms with E-state index in [1.54, 1.807) is 0 Å². The lowest BCUT2D eigenvalue weighted by Crippen LogP contribution is -2.32. The van der Waals surface area contributed by atoms with Crippen LogP contribution in [-0.2, 0) is 4.74 Å². The predicted octanol–water partition coefficient (Wildman–Crippen LogP) is 2.48. The summed E-state index contributed by atoms with van der Waals surface area (Å²) < 4.78 is 5.33. The molecule has 0 aromatic rings. The van der Waals surface area contributed by atoms with Gasteiger partial charge in [-0.15, -0.1) is 0 Å². The van der Waals surface area contributed by atoms with Crippen LogP contribution in [-0.4, -0.2) is 56.2 Å². The minimum atomic E-state index is 0.733. The number of ether oxygens (including phenoxy) is 1. The van der Waals surface area contributed by atoms with Crippen LogP contribution in [0.25, 0.3) is 0 Å². The molecule has 1 aliphatic rings. The molecule has 1 fully saturated rings. The van der Waals surface area contributed by atoms with E-state index in [9.17, 15) is 0 Å². The smallest absolute Gasteiger partial charge is 0.0796 e. The van der Waals surface area contributed by atoms with Crippen molar-refractivity contribution in [2.24, 2.45) is 5.11 Å². The van der Waals surface area contributed by atoms with E-state index in [1.807, 2.05) is 7.05 Å². The van der Waals surface area contributed by atoms with Crippen LogP contribution in [0.5, 0.6) is 0 Å². The molecule has 0 aromatic carbocycles. The van der Waals surface area contributed by atoms with Gasteiger partial charge in [-0.1, -0.05) is 13.8 Å². The Morgan fingerprint density at radius 1 is 1.37 bits per heavy atom. The van der Waals surface area contributed by atoms with E-state index in [2.05, 4.69) is 41.0 Å². The molecule has 108 valence electrons. The quantitative estimate of drug-likeness (QED) is 0.569. The molecule has 1 saturated heterocycles. The van der Waals surface area contributed by atoms with Gasteiger partial charge in [0.1, 0.15) is 0 Å². The lowest BCUT2D eigenvalue weighted by Gasteiger charge is -2.25. The molecule has 1 aliphatic heterocycles. The van der Waals surface area contributed by atoms with Gasteiger partial charge >= 0.3 is 0 Å². The molecule has 0 bridgehead atoms. The average Bonchev–Trinajstić information content (AvgIpc) is 2.47. The SMILES string of the molecule is CCC(/C=C/N1CCOCC1)=C(\CN(C)CC)N=N. The zero-order valence-corrected chi connectivity index (χ0v) is 12.4. The van der Waals surface area contributed by atoms with Gasteiger partial charge in [0.2, 0.25) is 0 Å². The van der Waals surface area contributed by atoms with E-state index in [1.165, 1.54) is 0 Å². The highest BCUT2D eigenvalue weighted by Crippen LogP contribution is 2.14. The average molecular weight is 266 g/mol. The van der Waals surface area contributed by atoms with E-state index in [4.69, 9.17) is 10.3 Å². The van der Waals surface area contributed by atoms with E-state index >= 15 is 0 Å². The third-order valence-electron chi connectivity index (χ3n) is 3.38. The van der Waals surface area contributed by atoms with Crippen molar-refractivity contribution < 1.29 is 4.74 Å². The summed E-state index contributed by atoms with van der Waals surface area (Å²) in [7, 11) is 2.05. The molecule has 0 aromatic heterocycles. The summed E-state index contributed by atoms with van der Waals surface area (Å²) in [6, 6.07) is 0. The Morgan fingerprint density at radius 3 is 2.58 bits per heavy atom. The molecular formula is C14H26N4O. The summed E-state index contributed by atoms with van der Waals surface area (Å²) in [4.78, 5) is 4.41. The highest BCUT2D eigenvalue weighted by atomic mass is 16.5. The fourth-order valence-corrected chi connectivity index (χ4v) is 1.92. The van der Waals surface area contributed by atoms with Gasteiger partial charge in [-0.05, 0) is 37.9 Å². The van der Waals surface area contributed by atoms with Crippen LogP contribution in [0.3, 0.4) is 0 Å². The third-order valence-corrected chi connectivity index (χ3v) is 3.38. The molecule has 0 amide bonds. The molecule has 1 heterocycles. The maximum Gasteiger partial charge on any atom is 0.0796 e. The molecule has 19 heavy (non-hydrogen) atoms. The second-order valence-electron chi connectivity index (χ2n) is 4.73. The summed E-state index contributed by atoms with van der Waals surface area (Å²) >= 11 is 0. The minimum absolute atomic E-state index is 0.733. The van der Waals surface area contributed by atoms with Crippen LogP contribution in [0.4, 0.5) is 0 Å². The lowest BCUT2D eigenvalue weighted by molar-refractivity contribution is 0.0594. The van der Waals surface area contributed by atoms with Crippen molar-refractivity contribution in [2.75, 3.05) is 46.4 Å². The van der Waals surface area contributed by atoms with Crippen LogP contribution in [0.2, 0.25) is 0 Å². The Morgan fingerprint density at radius 2 is 2.05 bits per heavy atom. The Balaban J connectivity index is 2.71. The minimum Gasteiger partial charge on any atom is -0.378 e. The first-order valence-electron chi connectivity index (χ1n) is 6.99. The van der Waals surface area contributed by atoms with Gasteiger partial charge in [0.05, 0.1) is 18.9 Å². The summed E-state index contributed by atoms with van der Waals surface area (Å²) in [6.07, 6.45) is 5.11. The Hall–Kier alpha value is -1.20. The van der Waals surface area contributed by atoms with Crippen molar-refractivity contribution in [1.29, 1.82) is 5.53 Å². The Kier molecular flexibility index (Phi) is 7.36. The van der Waals surface area contributed by atoms with Crippen molar-refractivity contribution in [3.63, 3.8) is 0 Å². The number of rotatable bonds is 7. The van der Waals surface area contributed by atoms with Gasteiger partial charge < -0.3 is 14.5 Å². The molecule has 1 rings (SSSR count).